The number of hydrogen-bond acceptors (Lipinski definition) is 1. The van der Waals surface area contributed by atoms with Crippen molar-refractivity contribution in [3.8, 4) is 0 Å². The summed E-state index contributed by atoms with van der Waals surface area (Å²) in [7, 11) is 0. The van der Waals surface area contributed by atoms with Crippen LogP contribution in [-0.4, -0.2) is 6.54 Å². The smallest absolute Gasteiger partial charge is 0.0438 e. The van der Waals surface area contributed by atoms with Gasteiger partial charge in [0.2, 0.25) is 0 Å². The van der Waals surface area contributed by atoms with Crippen LogP contribution in [0.4, 0.5) is 0 Å². The third-order valence-corrected chi connectivity index (χ3v) is 2.52. The Morgan fingerprint density at radius 1 is 1.38 bits per heavy atom. The minimum atomic E-state index is 0.550. The zero-order chi connectivity index (χ0) is 9.84. The highest BCUT2D eigenvalue weighted by atomic mass is 35.5. The van der Waals surface area contributed by atoms with E-state index in [2.05, 4.69) is 26.0 Å². The monoisotopic (exact) mass is 197 g/mol. The first kappa shape index (κ1) is 10.6. The molecule has 2 N–H and O–H groups in total. The van der Waals surface area contributed by atoms with Gasteiger partial charge in [0.15, 0.2) is 0 Å². The average Bonchev–Trinajstić information content (AvgIpc) is 2.08. The summed E-state index contributed by atoms with van der Waals surface area (Å²) in [6, 6.07) is 6.19. The van der Waals surface area contributed by atoms with Crippen molar-refractivity contribution in [1.82, 2.24) is 0 Å². The standard InChI is InChI=1S/C11H16ClN/c1-8(2)9-3-4-11(12)10(7-9)5-6-13/h3-4,7-8H,5-6,13H2,1-2H3. The fraction of sp³-hybridized carbons (Fsp3) is 0.455. The van der Waals surface area contributed by atoms with Crippen molar-refractivity contribution in [2.75, 3.05) is 6.54 Å². The molecule has 0 unspecified atom stereocenters. The molecule has 0 radical (unpaired) electrons. The van der Waals surface area contributed by atoms with Gasteiger partial charge in [-0.1, -0.05) is 37.6 Å². The Morgan fingerprint density at radius 2 is 2.08 bits per heavy atom. The summed E-state index contributed by atoms with van der Waals surface area (Å²) in [5.74, 6) is 0.550. The highest BCUT2D eigenvalue weighted by molar-refractivity contribution is 6.31. The van der Waals surface area contributed by atoms with Crippen LogP contribution in [-0.2, 0) is 6.42 Å². The normalized spacial score (nSPS) is 10.8. The van der Waals surface area contributed by atoms with Gasteiger partial charge in [-0.15, -0.1) is 0 Å². The maximum atomic E-state index is 6.02. The van der Waals surface area contributed by atoms with Crippen LogP contribution < -0.4 is 5.73 Å². The van der Waals surface area contributed by atoms with E-state index in [9.17, 15) is 0 Å². The lowest BCUT2D eigenvalue weighted by Crippen LogP contribution is -2.03. The first-order chi connectivity index (χ1) is 6.15. The molecule has 1 aromatic carbocycles. The molecule has 1 aromatic rings. The molecule has 0 saturated carbocycles. The lowest BCUT2D eigenvalue weighted by molar-refractivity contribution is 0.859. The van der Waals surface area contributed by atoms with Gasteiger partial charge in [0.25, 0.3) is 0 Å². The fourth-order valence-electron chi connectivity index (χ4n) is 1.30. The van der Waals surface area contributed by atoms with E-state index in [4.69, 9.17) is 17.3 Å². The molecular formula is C11H16ClN. The van der Waals surface area contributed by atoms with Crippen molar-refractivity contribution < 1.29 is 0 Å². The molecule has 1 rings (SSSR count). The van der Waals surface area contributed by atoms with E-state index >= 15 is 0 Å². The molecule has 72 valence electrons. The summed E-state index contributed by atoms with van der Waals surface area (Å²) in [5, 5.41) is 0.829. The number of rotatable bonds is 3. The van der Waals surface area contributed by atoms with Gasteiger partial charge in [-0.2, -0.15) is 0 Å². The van der Waals surface area contributed by atoms with Crippen LogP contribution in [0.15, 0.2) is 18.2 Å². The van der Waals surface area contributed by atoms with Crippen molar-refractivity contribution in [3.63, 3.8) is 0 Å². The summed E-state index contributed by atoms with van der Waals surface area (Å²) >= 11 is 6.02. The molecule has 0 atom stereocenters. The van der Waals surface area contributed by atoms with E-state index in [1.165, 1.54) is 5.56 Å². The zero-order valence-electron chi connectivity index (χ0n) is 8.18. The van der Waals surface area contributed by atoms with Gasteiger partial charge in [0.1, 0.15) is 0 Å². The van der Waals surface area contributed by atoms with Crippen molar-refractivity contribution in [2.24, 2.45) is 5.73 Å². The van der Waals surface area contributed by atoms with Gasteiger partial charge in [0, 0.05) is 5.02 Å². The predicted octanol–water partition coefficient (Wildman–Crippen LogP) is 2.96. The van der Waals surface area contributed by atoms with Crippen molar-refractivity contribution in [3.05, 3.63) is 34.3 Å². The SMILES string of the molecule is CC(C)c1ccc(Cl)c(CCN)c1. The maximum absolute atomic E-state index is 6.02. The molecule has 0 heterocycles. The minimum absolute atomic E-state index is 0.550. The van der Waals surface area contributed by atoms with E-state index in [0.717, 1.165) is 17.0 Å². The number of benzene rings is 1. The Labute approximate surface area is 84.9 Å². The first-order valence-corrected chi connectivity index (χ1v) is 5.01. The van der Waals surface area contributed by atoms with E-state index in [1.54, 1.807) is 0 Å². The lowest BCUT2D eigenvalue weighted by atomic mass is 10.00. The summed E-state index contributed by atoms with van der Waals surface area (Å²) in [6.07, 6.45) is 0.861. The van der Waals surface area contributed by atoms with Gasteiger partial charge in [-0.05, 0) is 36.1 Å². The third-order valence-electron chi connectivity index (χ3n) is 2.15. The summed E-state index contributed by atoms with van der Waals surface area (Å²) in [6.45, 7) is 5.01. The molecule has 13 heavy (non-hydrogen) atoms. The van der Waals surface area contributed by atoms with E-state index in [-0.39, 0.29) is 0 Å². The quantitative estimate of drug-likeness (QED) is 0.792. The summed E-state index contributed by atoms with van der Waals surface area (Å²) in [4.78, 5) is 0. The van der Waals surface area contributed by atoms with Crippen LogP contribution in [0.2, 0.25) is 5.02 Å². The Balaban J connectivity index is 2.97. The van der Waals surface area contributed by atoms with E-state index in [0.29, 0.717) is 12.5 Å². The highest BCUT2D eigenvalue weighted by Gasteiger charge is 2.03. The number of halogens is 1. The zero-order valence-corrected chi connectivity index (χ0v) is 8.93. The van der Waals surface area contributed by atoms with Crippen molar-refractivity contribution >= 4 is 11.6 Å². The molecule has 0 aliphatic rings. The molecule has 0 saturated heterocycles. The second-order valence-electron chi connectivity index (χ2n) is 3.54. The number of nitrogens with two attached hydrogens (primary N) is 1. The summed E-state index contributed by atoms with van der Waals surface area (Å²) < 4.78 is 0. The Morgan fingerprint density at radius 3 is 2.62 bits per heavy atom. The predicted molar refractivity (Wildman–Crippen MR) is 58.3 cm³/mol. The van der Waals surface area contributed by atoms with Crippen molar-refractivity contribution in [2.45, 2.75) is 26.2 Å². The van der Waals surface area contributed by atoms with Crippen LogP contribution in [0, 0.1) is 0 Å². The number of hydrogen-bond donors (Lipinski definition) is 1. The summed E-state index contributed by atoms with van der Waals surface area (Å²) in [5.41, 5.74) is 7.99. The first-order valence-electron chi connectivity index (χ1n) is 4.63. The topological polar surface area (TPSA) is 26.0 Å². The van der Waals surface area contributed by atoms with Crippen LogP contribution in [0.25, 0.3) is 0 Å². The average molecular weight is 198 g/mol. The largest absolute Gasteiger partial charge is 0.330 e. The van der Waals surface area contributed by atoms with Gasteiger partial charge < -0.3 is 5.73 Å². The van der Waals surface area contributed by atoms with Crippen LogP contribution in [0.5, 0.6) is 0 Å². The van der Waals surface area contributed by atoms with E-state index in [1.807, 2.05) is 6.07 Å². The molecule has 0 bridgehead atoms. The highest BCUT2D eigenvalue weighted by Crippen LogP contribution is 2.22. The molecule has 2 heteroatoms. The van der Waals surface area contributed by atoms with Gasteiger partial charge in [-0.25, -0.2) is 0 Å². The third kappa shape index (κ3) is 2.71. The van der Waals surface area contributed by atoms with Gasteiger partial charge >= 0.3 is 0 Å². The molecule has 1 nitrogen and oxygen atoms in total. The van der Waals surface area contributed by atoms with Crippen LogP contribution in [0.1, 0.15) is 30.9 Å². The van der Waals surface area contributed by atoms with Crippen LogP contribution in [0.3, 0.4) is 0 Å². The molecule has 0 aliphatic carbocycles. The molecule has 0 aliphatic heterocycles. The molecule has 0 spiro atoms. The Kier molecular flexibility index (Phi) is 3.76. The molecule has 0 fully saturated rings. The molecule has 0 amide bonds. The van der Waals surface area contributed by atoms with Crippen molar-refractivity contribution in [1.29, 1.82) is 0 Å². The molecule has 0 aromatic heterocycles. The van der Waals surface area contributed by atoms with Gasteiger partial charge in [0.05, 0.1) is 0 Å². The second-order valence-corrected chi connectivity index (χ2v) is 3.95. The second kappa shape index (κ2) is 4.64. The molecular weight excluding hydrogens is 182 g/mol. The maximum Gasteiger partial charge on any atom is 0.0438 e. The van der Waals surface area contributed by atoms with Gasteiger partial charge in [-0.3, -0.25) is 0 Å². The van der Waals surface area contributed by atoms with E-state index < -0.39 is 0 Å². The van der Waals surface area contributed by atoms with Crippen LogP contribution >= 0.6 is 11.6 Å². The minimum Gasteiger partial charge on any atom is -0.330 e. The lowest BCUT2D eigenvalue weighted by Gasteiger charge is -2.09. The Hall–Kier alpha value is -0.530. The fourth-order valence-corrected chi connectivity index (χ4v) is 1.51. The Bertz CT molecular complexity index is 281.